The average Bonchev–Trinajstić information content (AvgIpc) is 3.15. The SMILES string of the molecule is O=C(CNC(=O)c1cccc(-c2ncn[nH]2)c1)Nc1ccccc1. The zero-order valence-corrected chi connectivity index (χ0v) is 12.7. The highest BCUT2D eigenvalue weighted by molar-refractivity contribution is 5.99. The van der Waals surface area contributed by atoms with E-state index in [0.29, 0.717) is 17.1 Å². The average molecular weight is 321 g/mol. The van der Waals surface area contributed by atoms with E-state index >= 15 is 0 Å². The second-order valence-electron chi connectivity index (χ2n) is 5.01. The lowest BCUT2D eigenvalue weighted by atomic mass is 10.1. The predicted molar refractivity (Wildman–Crippen MR) is 89.2 cm³/mol. The molecule has 0 radical (unpaired) electrons. The van der Waals surface area contributed by atoms with Crippen molar-refractivity contribution < 1.29 is 9.59 Å². The Kier molecular flexibility index (Phi) is 4.62. The molecule has 3 N–H and O–H groups in total. The minimum atomic E-state index is -0.334. The maximum atomic E-state index is 12.2. The van der Waals surface area contributed by atoms with Gasteiger partial charge in [-0.15, -0.1) is 0 Å². The number of H-pyrrole nitrogens is 1. The van der Waals surface area contributed by atoms with Gasteiger partial charge >= 0.3 is 0 Å². The zero-order chi connectivity index (χ0) is 16.8. The van der Waals surface area contributed by atoms with Crippen LogP contribution in [0.2, 0.25) is 0 Å². The van der Waals surface area contributed by atoms with Crippen molar-refractivity contribution in [2.45, 2.75) is 0 Å². The van der Waals surface area contributed by atoms with Crippen molar-refractivity contribution in [3.05, 3.63) is 66.5 Å². The summed E-state index contributed by atoms with van der Waals surface area (Å²) in [6.45, 7) is -0.111. The second-order valence-corrected chi connectivity index (χ2v) is 5.01. The molecule has 0 fully saturated rings. The maximum absolute atomic E-state index is 12.2. The predicted octanol–water partition coefficient (Wildman–Crippen LogP) is 1.84. The van der Waals surface area contributed by atoms with E-state index in [9.17, 15) is 9.59 Å². The number of para-hydroxylation sites is 1. The number of nitrogens with one attached hydrogen (secondary N) is 3. The zero-order valence-electron chi connectivity index (χ0n) is 12.7. The summed E-state index contributed by atoms with van der Waals surface area (Å²) in [5, 5.41) is 11.8. The number of nitrogens with zero attached hydrogens (tertiary/aromatic N) is 2. The molecule has 1 heterocycles. The van der Waals surface area contributed by atoms with Gasteiger partial charge in [-0.1, -0.05) is 30.3 Å². The Morgan fingerprint density at radius 1 is 1.04 bits per heavy atom. The molecular formula is C17H15N5O2. The van der Waals surface area contributed by atoms with E-state index in [2.05, 4.69) is 25.8 Å². The summed E-state index contributed by atoms with van der Waals surface area (Å²) in [6.07, 6.45) is 1.40. The summed E-state index contributed by atoms with van der Waals surface area (Å²) in [4.78, 5) is 28.1. The smallest absolute Gasteiger partial charge is 0.251 e. The molecule has 1 aromatic heterocycles. The molecule has 0 aliphatic carbocycles. The van der Waals surface area contributed by atoms with Crippen molar-refractivity contribution in [2.24, 2.45) is 0 Å². The first-order valence-corrected chi connectivity index (χ1v) is 7.31. The van der Waals surface area contributed by atoms with Gasteiger partial charge in [0.15, 0.2) is 5.82 Å². The molecule has 0 aliphatic heterocycles. The summed E-state index contributed by atoms with van der Waals surface area (Å²) in [7, 11) is 0. The highest BCUT2D eigenvalue weighted by atomic mass is 16.2. The lowest BCUT2D eigenvalue weighted by Gasteiger charge is -2.07. The summed E-state index contributed by atoms with van der Waals surface area (Å²) in [5.74, 6) is -0.0491. The van der Waals surface area contributed by atoms with Crippen molar-refractivity contribution >= 4 is 17.5 Å². The molecule has 24 heavy (non-hydrogen) atoms. The van der Waals surface area contributed by atoms with Crippen LogP contribution in [-0.2, 0) is 4.79 Å². The first-order chi connectivity index (χ1) is 11.7. The van der Waals surface area contributed by atoms with E-state index in [1.165, 1.54) is 6.33 Å². The van der Waals surface area contributed by atoms with Gasteiger partial charge in [0, 0.05) is 16.8 Å². The van der Waals surface area contributed by atoms with E-state index < -0.39 is 0 Å². The number of carbonyl (C=O) groups is 2. The van der Waals surface area contributed by atoms with Crippen LogP contribution in [0.4, 0.5) is 5.69 Å². The third-order valence-electron chi connectivity index (χ3n) is 3.28. The van der Waals surface area contributed by atoms with Gasteiger partial charge in [0.25, 0.3) is 5.91 Å². The van der Waals surface area contributed by atoms with Gasteiger partial charge in [-0.2, -0.15) is 5.10 Å². The van der Waals surface area contributed by atoms with E-state index in [1.807, 2.05) is 24.3 Å². The van der Waals surface area contributed by atoms with Gasteiger partial charge in [-0.05, 0) is 24.3 Å². The van der Waals surface area contributed by atoms with Crippen LogP contribution in [0.1, 0.15) is 10.4 Å². The molecule has 0 saturated heterocycles. The summed E-state index contributed by atoms with van der Waals surface area (Å²) >= 11 is 0. The van der Waals surface area contributed by atoms with Gasteiger partial charge in [0.1, 0.15) is 6.33 Å². The van der Waals surface area contributed by atoms with Crippen LogP contribution in [0, 0.1) is 0 Å². The number of benzene rings is 2. The number of aromatic nitrogens is 3. The molecule has 7 heteroatoms. The summed E-state index contributed by atoms with van der Waals surface area (Å²) in [5.41, 5.74) is 1.87. The van der Waals surface area contributed by atoms with Crippen LogP contribution in [-0.4, -0.2) is 33.5 Å². The monoisotopic (exact) mass is 321 g/mol. The molecule has 3 aromatic rings. The van der Waals surface area contributed by atoms with Crippen LogP contribution < -0.4 is 10.6 Å². The van der Waals surface area contributed by atoms with Crippen molar-refractivity contribution in [1.29, 1.82) is 0 Å². The minimum absolute atomic E-state index is 0.111. The Balaban J connectivity index is 1.59. The molecule has 7 nitrogen and oxygen atoms in total. The Bertz CT molecular complexity index is 831. The summed E-state index contributed by atoms with van der Waals surface area (Å²) in [6, 6.07) is 16.0. The van der Waals surface area contributed by atoms with Crippen molar-refractivity contribution in [1.82, 2.24) is 20.5 Å². The number of aromatic amines is 1. The quantitative estimate of drug-likeness (QED) is 0.667. The van der Waals surface area contributed by atoms with Crippen molar-refractivity contribution in [3.8, 4) is 11.4 Å². The van der Waals surface area contributed by atoms with Crippen molar-refractivity contribution in [2.75, 3.05) is 11.9 Å². The summed E-state index contributed by atoms with van der Waals surface area (Å²) < 4.78 is 0. The molecule has 0 atom stereocenters. The Morgan fingerprint density at radius 2 is 1.88 bits per heavy atom. The number of carbonyl (C=O) groups excluding carboxylic acids is 2. The molecule has 2 amide bonds. The van der Waals surface area contributed by atoms with Gasteiger partial charge in [0.05, 0.1) is 6.54 Å². The molecule has 0 saturated carbocycles. The van der Waals surface area contributed by atoms with Crippen LogP contribution in [0.15, 0.2) is 60.9 Å². The number of anilines is 1. The molecular weight excluding hydrogens is 306 g/mol. The van der Waals surface area contributed by atoms with Crippen LogP contribution in [0.25, 0.3) is 11.4 Å². The fourth-order valence-electron chi connectivity index (χ4n) is 2.14. The number of hydrogen-bond acceptors (Lipinski definition) is 4. The molecule has 0 bridgehead atoms. The van der Waals surface area contributed by atoms with Gasteiger partial charge < -0.3 is 10.6 Å². The highest BCUT2D eigenvalue weighted by Crippen LogP contribution is 2.15. The van der Waals surface area contributed by atoms with E-state index in [0.717, 1.165) is 5.56 Å². The molecule has 3 rings (SSSR count). The highest BCUT2D eigenvalue weighted by Gasteiger charge is 2.10. The number of hydrogen-bond donors (Lipinski definition) is 3. The maximum Gasteiger partial charge on any atom is 0.251 e. The molecule has 120 valence electrons. The number of rotatable bonds is 5. The van der Waals surface area contributed by atoms with E-state index in [1.54, 1.807) is 30.3 Å². The fraction of sp³-hybridized carbons (Fsp3) is 0.0588. The topological polar surface area (TPSA) is 99.8 Å². The number of amides is 2. The first kappa shape index (κ1) is 15.4. The Labute approximate surface area is 138 Å². The van der Waals surface area contributed by atoms with E-state index in [4.69, 9.17) is 0 Å². The van der Waals surface area contributed by atoms with E-state index in [-0.39, 0.29) is 18.4 Å². The third kappa shape index (κ3) is 3.83. The lowest BCUT2D eigenvalue weighted by molar-refractivity contribution is -0.115. The Hall–Kier alpha value is -3.48. The Morgan fingerprint density at radius 3 is 2.62 bits per heavy atom. The normalized spacial score (nSPS) is 10.2. The fourth-order valence-corrected chi connectivity index (χ4v) is 2.14. The van der Waals surface area contributed by atoms with Crippen LogP contribution >= 0.6 is 0 Å². The lowest BCUT2D eigenvalue weighted by Crippen LogP contribution is -2.32. The first-order valence-electron chi connectivity index (χ1n) is 7.31. The van der Waals surface area contributed by atoms with Crippen molar-refractivity contribution in [3.63, 3.8) is 0 Å². The molecule has 2 aromatic carbocycles. The van der Waals surface area contributed by atoms with Gasteiger partial charge in [0.2, 0.25) is 5.91 Å². The third-order valence-corrected chi connectivity index (χ3v) is 3.28. The van der Waals surface area contributed by atoms with Gasteiger partial charge in [-0.3, -0.25) is 14.7 Å². The molecule has 0 spiro atoms. The molecule has 0 unspecified atom stereocenters. The van der Waals surface area contributed by atoms with Gasteiger partial charge in [-0.25, -0.2) is 4.98 Å². The standard InChI is InChI=1S/C17H15N5O2/c23-15(21-14-7-2-1-3-8-14)10-18-17(24)13-6-4-5-12(9-13)16-19-11-20-22-16/h1-9,11H,10H2,(H,18,24)(H,21,23)(H,19,20,22). The van der Waals surface area contributed by atoms with Crippen LogP contribution in [0.3, 0.4) is 0 Å². The second kappa shape index (κ2) is 7.19. The molecule has 0 aliphatic rings. The minimum Gasteiger partial charge on any atom is -0.343 e. The largest absolute Gasteiger partial charge is 0.343 e. The van der Waals surface area contributed by atoms with Crippen LogP contribution in [0.5, 0.6) is 0 Å².